The number of hydrogen-bond acceptors (Lipinski definition) is 2. The molecule has 18 heavy (non-hydrogen) atoms. The van der Waals surface area contributed by atoms with E-state index in [1.165, 1.54) is 24.4 Å². The van der Waals surface area contributed by atoms with Crippen LogP contribution in [-0.2, 0) is 12.8 Å². The van der Waals surface area contributed by atoms with Crippen LogP contribution in [0.15, 0.2) is 30.5 Å². The van der Waals surface area contributed by atoms with E-state index >= 15 is 0 Å². The highest BCUT2D eigenvalue weighted by molar-refractivity contribution is 5.43. The summed E-state index contributed by atoms with van der Waals surface area (Å²) in [6.07, 6.45) is -3.03. The van der Waals surface area contributed by atoms with Crippen LogP contribution >= 0.6 is 0 Å². The second-order valence-corrected chi connectivity index (χ2v) is 3.86. The van der Waals surface area contributed by atoms with Gasteiger partial charge in [-0.25, -0.2) is 4.68 Å². The summed E-state index contributed by atoms with van der Waals surface area (Å²) in [5, 5.41) is 13.0. The lowest BCUT2D eigenvalue weighted by Gasteiger charge is -2.12. The molecule has 0 aliphatic rings. The Kier molecular flexibility index (Phi) is 3.13. The number of aliphatic hydroxyl groups excluding tert-OH is 1. The first-order valence-corrected chi connectivity index (χ1v) is 5.26. The average molecular weight is 256 g/mol. The summed E-state index contributed by atoms with van der Waals surface area (Å²) < 4.78 is 39.6. The predicted molar refractivity (Wildman–Crippen MR) is 59.2 cm³/mol. The molecule has 0 radical (unpaired) electrons. The van der Waals surface area contributed by atoms with Crippen molar-refractivity contribution in [1.29, 1.82) is 0 Å². The molecule has 1 aromatic carbocycles. The molecule has 2 aromatic rings. The van der Waals surface area contributed by atoms with Crippen LogP contribution in [0.4, 0.5) is 13.2 Å². The zero-order chi connectivity index (χ0) is 13.3. The lowest BCUT2D eigenvalue weighted by Crippen LogP contribution is -2.10. The third-order valence-electron chi connectivity index (χ3n) is 2.63. The van der Waals surface area contributed by atoms with E-state index in [1.807, 2.05) is 0 Å². The van der Waals surface area contributed by atoms with E-state index in [-0.39, 0.29) is 12.3 Å². The summed E-state index contributed by atoms with van der Waals surface area (Å²) in [6, 6.07) is 5.19. The minimum absolute atomic E-state index is 0.0483. The number of aromatic nitrogens is 2. The SMILES string of the molecule is Cc1nn(-c2ccccc2C(F)(F)F)cc1CO. The average Bonchev–Trinajstić information content (AvgIpc) is 2.69. The van der Waals surface area contributed by atoms with E-state index in [0.717, 1.165) is 10.7 Å². The number of benzene rings is 1. The van der Waals surface area contributed by atoms with Crippen molar-refractivity contribution >= 4 is 0 Å². The van der Waals surface area contributed by atoms with Crippen molar-refractivity contribution in [3.05, 3.63) is 47.3 Å². The van der Waals surface area contributed by atoms with Crippen molar-refractivity contribution in [3.63, 3.8) is 0 Å². The molecule has 6 heteroatoms. The van der Waals surface area contributed by atoms with Crippen molar-refractivity contribution in [2.45, 2.75) is 19.7 Å². The molecule has 1 N–H and O–H groups in total. The fraction of sp³-hybridized carbons (Fsp3) is 0.250. The van der Waals surface area contributed by atoms with Gasteiger partial charge in [0.25, 0.3) is 0 Å². The molecule has 3 nitrogen and oxygen atoms in total. The van der Waals surface area contributed by atoms with Crippen molar-refractivity contribution in [3.8, 4) is 5.69 Å². The van der Waals surface area contributed by atoms with E-state index in [2.05, 4.69) is 5.10 Å². The Hall–Kier alpha value is -1.82. The van der Waals surface area contributed by atoms with Gasteiger partial charge in [-0.2, -0.15) is 18.3 Å². The number of aryl methyl sites for hydroxylation is 1. The molecule has 0 saturated carbocycles. The Morgan fingerprint density at radius 1 is 1.28 bits per heavy atom. The number of aliphatic hydroxyl groups is 1. The summed E-state index contributed by atoms with van der Waals surface area (Å²) >= 11 is 0. The number of para-hydroxylation sites is 1. The van der Waals surface area contributed by atoms with Gasteiger partial charge in [0.2, 0.25) is 0 Å². The van der Waals surface area contributed by atoms with Gasteiger partial charge in [0.1, 0.15) is 0 Å². The summed E-state index contributed by atoms with van der Waals surface area (Å²) in [6.45, 7) is 1.39. The molecule has 0 unspecified atom stereocenters. The standard InChI is InChI=1S/C12H11F3N2O/c1-8-9(7-18)6-17(16-8)11-5-3-2-4-10(11)12(13,14)15/h2-6,18H,7H2,1H3. The predicted octanol–water partition coefficient (Wildman–Crippen LogP) is 2.69. The second kappa shape index (κ2) is 4.45. The fourth-order valence-electron chi connectivity index (χ4n) is 1.69. The number of halogens is 3. The smallest absolute Gasteiger partial charge is 0.392 e. The van der Waals surface area contributed by atoms with Crippen molar-refractivity contribution in [1.82, 2.24) is 9.78 Å². The van der Waals surface area contributed by atoms with Crippen LogP contribution in [0.2, 0.25) is 0 Å². The van der Waals surface area contributed by atoms with Crippen molar-refractivity contribution < 1.29 is 18.3 Å². The van der Waals surface area contributed by atoms with Crippen LogP contribution in [0.1, 0.15) is 16.8 Å². The van der Waals surface area contributed by atoms with Crippen LogP contribution in [0.5, 0.6) is 0 Å². The number of hydrogen-bond donors (Lipinski definition) is 1. The zero-order valence-corrected chi connectivity index (χ0v) is 9.57. The highest BCUT2D eigenvalue weighted by Crippen LogP contribution is 2.33. The fourth-order valence-corrected chi connectivity index (χ4v) is 1.69. The van der Waals surface area contributed by atoms with Crippen LogP contribution in [0.25, 0.3) is 5.69 Å². The van der Waals surface area contributed by atoms with Gasteiger partial charge in [-0.3, -0.25) is 0 Å². The lowest BCUT2D eigenvalue weighted by atomic mass is 10.1. The molecule has 1 heterocycles. The third kappa shape index (κ3) is 2.24. The van der Waals surface area contributed by atoms with Gasteiger partial charge in [-0.05, 0) is 19.1 Å². The van der Waals surface area contributed by atoms with Crippen LogP contribution < -0.4 is 0 Å². The molecule has 96 valence electrons. The molecule has 0 aliphatic carbocycles. The van der Waals surface area contributed by atoms with Crippen LogP contribution in [-0.4, -0.2) is 14.9 Å². The molecule has 0 fully saturated rings. The first-order valence-electron chi connectivity index (χ1n) is 5.26. The van der Waals surface area contributed by atoms with Gasteiger partial charge < -0.3 is 5.11 Å². The minimum Gasteiger partial charge on any atom is -0.392 e. The first-order chi connectivity index (χ1) is 8.43. The Morgan fingerprint density at radius 3 is 2.50 bits per heavy atom. The molecule has 2 rings (SSSR count). The largest absolute Gasteiger partial charge is 0.418 e. The summed E-state index contributed by atoms with van der Waals surface area (Å²) in [5.74, 6) is 0. The molecular weight excluding hydrogens is 245 g/mol. The summed E-state index contributed by atoms with van der Waals surface area (Å²) in [7, 11) is 0. The van der Waals surface area contributed by atoms with Crippen molar-refractivity contribution in [2.24, 2.45) is 0 Å². The number of nitrogens with zero attached hydrogens (tertiary/aromatic N) is 2. The van der Waals surface area contributed by atoms with Gasteiger partial charge in [-0.1, -0.05) is 12.1 Å². The highest BCUT2D eigenvalue weighted by Gasteiger charge is 2.33. The van der Waals surface area contributed by atoms with Gasteiger partial charge in [-0.15, -0.1) is 0 Å². The number of rotatable bonds is 2. The topological polar surface area (TPSA) is 38.0 Å². The minimum atomic E-state index is -4.43. The second-order valence-electron chi connectivity index (χ2n) is 3.86. The Balaban J connectivity index is 2.57. The van der Waals surface area contributed by atoms with Gasteiger partial charge in [0.15, 0.2) is 0 Å². The van der Waals surface area contributed by atoms with E-state index in [9.17, 15) is 13.2 Å². The Morgan fingerprint density at radius 2 is 1.94 bits per heavy atom. The van der Waals surface area contributed by atoms with Gasteiger partial charge in [0.05, 0.1) is 23.6 Å². The van der Waals surface area contributed by atoms with E-state index in [4.69, 9.17) is 5.11 Å². The first kappa shape index (κ1) is 12.6. The summed E-state index contributed by atoms with van der Waals surface area (Å²) in [4.78, 5) is 0. The number of alkyl halides is 3. The maximum atomic E-state index is 12.8. The van der Waals surface area contributed by atoms with E-state index < -0.39 is 11.7 Å². The van der Waals surface area contributed by atoms with E-state index in [1.54, 1.807) is 6.92 Å². The Bertz CT molecular complexity index is 561. The lowest BCUT2D eigenvalue weighted by molar-refractivity contribution is -0.137. The van der Waals surface area contributed by atoms with Crippen molar-refractivity contribution in [2.75, 3.05) is 0 Å². The maximum Gasteiger partial charge on any atom is 0.418 e. The Labute approximate surface area is 101 Å². The molecule has 0 bridgehead atoms. The molecule has 0 atom stereocenters. The monoisotopic (exact) mass is 256 g/mol. The molecule has 0 aliphatic heterocycles. The molecule has 0 amide bonds. The molecular formula is C12H11F3N2O. The highest BCUT2D eigenvalue weighted by atomic mass is 19.4. The van der Waals surface area contributed by atoms with Gasteiger partial charge >= 0.3 is 6.18 Å². The molecule has 0 spiro atoms. The maximum absolute atomic E-state index is 12.8. The molecule has 0 saturated heterocycles. The van der Waals surface area contributed by atoms with Crippen LogP contribution in [0, 0.1) is 6.92 Å². The zero-order valence-electron chi connectivity index (χ0n) is 9.57. The van der Waals surface area contributed by atoms with Crippen LogP contribution in [0.3, 0.4) is 0 Å². The molecule has 1 aromatic heterocycles. The normalized spacial score (nSPS) is 11.8. The van der Waals surface area contributed by atoms with E-state index in [0.29, 0.717) is 11.3 Å². The third-order valence-corrected chi connectivity index (χ3v) is 2.63. The quantitative estimate of drug-likeness (QED) is 0.897. The van der Waals surface area contributed by atoms with Gasteiger partial charge in [0, 0.05) is 11.8 Å². The summed E-state index contributed by atoms with van der Waals surface area (Å²) in [5.41, 5.74) is 0.214.